The third kappa shape index (κ3) is 15.1. The van der Waals surface area contributed by atoms with Gasteiger partial charge in [-0.3, -0.25) is 33.9 Å². The van der Waals surface area contributed by atoms with E-state index in [-0.39, 0.29) is 71.4 Å². The number of hydrogen-bond acceptors (Lipinski definition) is 13. The van der Waals surface area contributed by atoms with Gasteiger partial charge in [0.1, 0.15) is 19.3 Å². The zero-order valence-corrected chi connectivity index (χ0v) is 51.2. The number of fused-ring (bicyclic) bond motifs is 8. The molecule has 0 saturated carbocycles. The second-order valence-corrected chi connectivity index (χ2v) is 24.4. The number of methoxy groups -OCH3 is 2. The van der Waals surface area contributed by atoms with Crippen LogP contribution in [0.15, 0.2) is 96.0 Å². The van der Waals surface area contributed by atoms with Crippen LogP contribution >= 0.6 is 21.6 Å². The van der Waals surface area contributed by atoms with E-state index in [9.17, 15) is 24.0 Å². The zero-order valence-electron chi connectivity index (χ0n) is 49.5. The average molecular weight is 1160 g/mol. The van der Waals surface area contributed by atoms with Crippen LogP contribution in [0.1, 0.15) is 144 Å². The highest BCUT2D eigenvalue weighted by molar-refractivity contribution is 8.77. The van der Waals surface area contributed by atoms with Gasteiger partial charge >= 0.3 is 0 Å². The summed E-state index contributed by atoms with van der Waals surface area (Å²) < 4.78 is 24.3. The van der Waals surface area contributed by atoms with Crippen molar-refractivity contribution in [3.63, 3.8) is 0 Å². The molecular formula is C64H81N7O9S2. The maximum absolute atomic E-state index is 14.2. The van der Waals surface area contributed by atoms with Crippen LogP contribution in [-0.2, 0) is 40.4 Å². The normalized spacial score (nSPS) is 16.4. The summed E-state index contributed by atoms with van der Waals surface area (Å²) in [5, 5.41) is 12.6. The molecular weight excluding hydrogens is 1070 g/mol. The number of nitrogens with zero attached hydrogens (tertiary/aromatic N) is 3. The molecule has 0 radical (unpaired) electrons. The van der Waals surface area contributed by atoms with Crippen LogP contribution in [0.4, 0.5) is 28.4 Å². The molecule has 4 unspecified atom stereocenters. The lowest BCUT2D eigenvalue weighted by Crippen LogP contribution is -2.42. The zero-order chi connectivity index (χ0) is 59.3. The molecule has 5 aromatic rings. The first-order chi connectivity index (χ1) is 39.5. The van der Waals surface area contributed by atoms with Gasteiger partial charge in [0, 0.05) is 77.3 Å². The van der Waals surface area contributed by atoms with Gasteiger partial charge in [-0.25, -0.2) is 0 Å². The van der Waals surface area contributed by atoms with E-state index in [1.807, 2.05) is 95.0 Å². The third-order valence-electron chi connectivity index (χ3n) is 14.6. The van der Waals surface area contributed by atoms with Gasteiger partial charge in [-0.05, 0) is 118 Å². The number of nitrogens with one attached hydrogen (secondary N) is 4. The number of carbonyl (C=O) groups is 5. The second-order valence-electron chi connectivity index (χ2n) is 21.0. The van der Waals surface area contributed by atoms with E-state index >= 15 is 0 Å². The van der Waals surface area contributed by atoms with Crippen LogP contribution in [0, 0.1) is 0 Å². The van der Waals surface area contributed by atoms with E-state index in [4.69, 9.17) is 23.9 Å². The molecule has 0 aromatic heterocycles. The van der Waals surface area contributed by atoms with Crippen LogP contribution in [-0.4, -0.2) is 90.7 Å². The molecule has 0 spiro atoms. The summed E-state index contributed by atoms with van der Waals surface area (Å²) in [5.41, 5.74) is 7.71. The number of para-hydroxylation sites is 2. The van der Waals surface area contributed by atoms with E-state index < -0.39 is 11.9 Å². The fourth-order valence-electron chi connectivity index (χ4n) is 10.1. The minimum absolute atomic E-state index is 0.0192. The van der Waals surface area contributed by atoms with Crippen molar-refractivity contribution in [3.8, 4) is 23.0 Å². The molecule has 4 aliphatic heterocycles. The molecule has 4 N–H and O–H groups in total. The summed E-state index contributed by atoms with van der Waals surface area (Å²) in [4.78, 5) is 76.2. The highest BCUT2D eigenvalue weighted by Gasteiger charge is 2.39. The molecule has 5 amide bonds. The molecule has 0 bridgehead atoms. The maximum atomic E-state index is 14.2. The van der Waals surface area contributed by atoms with Gasteiger partial charge in [0.15, 0.2) is 23.0 Å². The Morgan fingerprint density at radius 3 is 1.96 bits per heavy atom. The quantitative estimate of drug-likeness (QED) is 0.0481. The number of carbonyl (C=O) groups excluding carboxylic acids is 5. The molecule has 5 aromatic carbocycles. The van der Waals surface area contributed by atoms with Crippen LogP contribution < -0.4 is 50.0 Å². The molecule has 9 rings (SSSR count). The Morgan fingerprint density at radius 2 is 1.32 bits per heavy atom. The maximum Gasteiger partial charge on any atom is 0.261 e. The summed E-state index contributed by atoms with van der Waals surface area (Å²) in [5.74, 6) is 0.595. The Bertz CT molecular complexity index is 3130. The first-order valence-electron chi connectivity index (χ1n) is 28.7. The summed E-state index contributed by atoms with van der Waals surface area (Å²) in [6, 6.07) is 27.2. The fraction of sp³-hybridized carbons (Fsp3) is 0.438. The van der Waals surface area contributed by atoms with Crippen LogP contribution in [0.3, 0.4) is 0 Å². The van der Waals surface area contributed by atoms with Crippen molar-refractivity contribution in [2.45, 2.75) is 162 Å². The second kappa shape index (κ2) is 28.7. The smallest absolute Gasteiger partial charge is 0.261 e. The SMILES string of the molecule is CC.CC.CCC(C)NC(=O)CCC(C)SSC(C)(C)CCC(=O)NC(C)C(=O)Nc1cc(COc2cc3c(cc2OC)C(=O)N2c4ccccc4C[C@H]2C=N3)cc(COc2cc3c(cc2OC)C(=O)N2c4ccccc4CC2CN3)c1. The number of aliphatic imine (C=N–C) groups is 1. The minimum atomic E-state index is -0.872. The average Bonchev–Trinajstić information content (AvgIpc) is 3.94. The van der Waals surface area contributed by atoms with Crippen molar-refractivity contribution < 1.29 is 42.9 Å². The van der Waals surface area contributed by atoms with E-state index in [1.165, 1.54) is 14.2 Å². The predicted molar refractivity (Wildman–Crippen MR) is 333 cm³/mol. The van der Waals surface area contributed by atoms with E-state index in [2.05, 4.69) is 48.1 Å². The Hall–Kier alpha value is -7.18. The van der Waals surface area contributed by atoms with Crippen molar-refractivity contribution in [2.24, 2.45) is 4.99 Å². The van der Waals surface area contributed by atoms with Gasteiger partial charge in [0.25, 0.3) is 11.8 Å². The number of ether oxygens (including phenoxy) is 4. The van der Waals surface area contributed by atoms with Crippen LogP contribution in [0.5, 0.6) is 23.0 Å². The largest absolute Gasteiger partial charge is 0.493 e. The number of rotatable bonds is 22. The minimum Gasteiger partial charge on any atom is -0.493 e. The first-order valence-corrected chi connectivity index (χ1v) is 30.9. The lowest BCUT2D eigenvalue weighted by molar-refractivity contribution is -0.126. The molecule has 0 fully saturated rings. The number of amides is 5. The molecule has 0 saturated heterocycles. The molecule has 438 valence electrons. The monoisotopic (exact) mass is 1160 g/mol. The first kappa shape index (κ1) is 62.4. The molecule has 16 nitrogen and oxygen atoms in total. The Balaban J connectivity index is 0.00000237. The highest BCUT2D eigenvalue weighted by Crippen LogP contribution is 2.44. The van der Waals surface area contributed by atoms with Crippen molar-refractivity contribution in [1.82, 2.24) is 10.6 Å². The fourth-order valence-corrected chi connectivity index (χ4v) is 12.7. The molecule has 4 heterocycles. The van der Waals surface area contributed by atoms with Gasteiger partial charge < -0.3 is 45.1 Å². The molecule has 5 atom stereocenters. The van der Waals surface area contributed by atoms with E-state index in [0.29, 0.717) is 88.1 Å². The highest BCUT2D eigenvalue weighted by atomic mass is 33.1. The van der Waals surface area contributed by atoms with Gasteiger partial charge in [0.05, 0.1) is 48.8 Å². The van der Waals surface area contributed by atoms with Crippen molar-refractivity contribution in [2.75, 3.05) is 41.2 Å². The van der Waals surface area contributed by atoms with Gasteiger partial charge in [-0.2, -0.15) is 0 Å². The molecule has 4 aliphatic rings. The summed E-state index contributed by atoms with van der Waals surface area (Å²) >= 11 is 0. The Labute approximate surface area is 492 Å². The third-order valence-corrected chi connectivity index (χ3v) is 18.5. The van der Waals surface area contributed by atoms with Crippen molar-refractivity contribution in [1.29, 1.82) is 0 Å². The van der Waals surface area contributed by atoms with Gasteiger partial charge in [0.2, 0.25) is 17.7 Å². The number of hydrogen-bond donors (Lipinski definition) is 4. The Morgan fingerprint density at radius 1 is 0.732 bits per heavy atom. The number of benzene rings is 5. The molecule has 0 aliphatic carbocycles. The van der Waals surface area contributed by atoms with E-state index in [0.717, 1.165) is 41.8 Å². The van der Waals surface area contributed by atoms with Crippen molar-refractivity contribution >= 4 is 85.8 Å². The lowest BCUT2D eigenvalue weighted by atomic mass is 10.1. The number of anilines is 4. The van der Waals surface area contributed by atoms with Gasteiger partial charge in [-0.1, -0.05) is 99.5 Å². The van der Waals surface area contributed by atoms with Crippen LogP contribution in [0.2, 0.25) is 0 Å². The molecule has 82 heavy (non-hydrogen) atoms. The predicted octanol–water partition coefficient (Wildman–Crippen LogP) is 12.7. The lowest BCUT2D eigenvalue weighted by Gasteiger charge is -2.25. The van der Waals surface area contributed by atoms with E-state index in [1.54, 1.807) is 76.0 Å². The van der Waals surface area contributed by atoms with Gasteiger partial charge in [-0.15, -0.1) is 0 Å². The summed E-state index contributed by atoms with van der Waals surface area (Å²) in [7, 11) is 6.47. The van der Waals surface area contributed by atoms with Crippen molar-refractivity contribution in [3.05, 3.63) is 124 Å². The van der Waals surface area contributed by atoms with Crippen LogP contribution in [0.25, 0.3) is 0 Å². The topological polar surface area (TPSA) is 189 Å². The molecule has 18 heteroatoms. The standard InChI is InChI=1S/C60H69N7O9S2.2C2H6/c1-9-35(2)63-55(68)19-18-36(3)77-78-60(5,6)21-20-56(69)64-37(4)57(70)65-42-23-38(33-75-53-29-47-45(27-51(53)73-7)58(71)66-43(31-61-47)25-40-14-10-12-16-49(40)66)22-39(24-42)34-76-54-30-48-46(28-52(54)74-8)59(72)67-44(32-62-48)26-41-15-11-13-17-50(41)67;2*1-2/h10-17,22-24,27-31,35-37,43-44,62H,9,18-21,25-26,32-34H2,1-8H3,(H,63,68)(H,64,69)(H,65,70);2*1-2H3/t35?,36?,37?,43-,44?;;/m0../s1. The summed E-state index contributed by atoms with van der Waals surface area (Å²) in [6.45, 7) is 20.6. The Kier molecular flexibility index (Phi) is 21.8. The summed E-state index contributed by atoms with van der Waals surface area (Å²) in [6.07, 6.45) is 6.13.